The number of halogens is 2. The van der Waals surface area contributed by atoms with Crippen LogP contribution in [0, 0.1) is 5.82 Å². The van der Waals surface area contributed by atoms with E-state index in [1.165, 1.54) is 22.9 Å². The molecule has 27 heavy (non-hydrogen) atoms. The molecule has 1 atom stereocenters. The Kier molecular flexibility index (Phi) is 4.37. The Morgan fingerprint density at radius 3 is 2.78 bits per heavy atom. The summed E-state index contributed by atoms with van der Waals surface area (Å²) in [6.45, 7) is 0. The van der Waals surface area contributed by atoms with Gasteiger partial charge in [-0.3, -0.25) is 9.59 Å². The molecule has 8 heteroatoms. The van der Waals surface area contributed by atoms with Gasteiger partial charge < -0.3 is 10.6 Å². The van der Waals surface area contributed by atoms with Crippen molar-refractivity contribution in [2.45, 2.75) is 12.5 Å². The summed E-state index contributed by atoms with van der Waals surface area (Å²) in [4.78, 5) is 24.9. The highest BCUT2D eigenvalue weighted by Gasteiger charge is 2.33. The van der Waals surface area contributed by atoms with Gasteiger partial charge in [-0.25, -0.2) is 9.07 Å². The zero-order chi connectivity index (χ0) is 19.0. The van der Waals surface area contributed by atoms with Crippen molar-refractivity contribution in [1.82, 2.24) is 9.78 Å². The number of aromatic nitrogens is 2. The van der Waals surface area contributed by atoms with Gasteiger partial charge in [-0.1, -0.05) is 29.8 Å². The lowest BCUT2D eigenvalue weighted by molar-refractivity contribution is -0.125. The lowest BCUT2D eigenvalue weighted by Gasteiger charge is -2.24. The molecule has 2 heterocycles. The Hall–Kier alpha value is -3.19. The molecule has 6 nitrogen and oxygen atoms in total. The van der Waals surface area contributed by atoms with E-state index in [9.17, 15) is 14.0 Å². The molecule has 1 aliphatic heterocycles. The van der Waals surface area contributed by atoms with E-state index in [1.807, 2.05) is 12.1 Å². The number of rotatable bonds is 3. The van der Waals surface area contributed by atoms with Crippen LogP contribution in [0.4, 0.5) is 15.9 Å². The van der Waals surface area contributed by atoms with Crippen LogP contribution in [0.25, 0.3) is 11.1 Å². The lowest BCUT2D eigenvalue weighted by atomic mass is 10.1. The predicted molar refractivity (Wildman–Crippen MR) is 100.0 cm³/mol. The van der Waals surface area contributed by atoms with Crippen molar-refractivity contribution in [1.29, 1.82) is 0 Å². The van der Waals surface area contributed by atoms with Crippen LogP contribution >= 0.6 is 11.6 Å². The molecular formula is C19H14ClFN4O2. The van der Waals surface area contributed by atoms with Crippen molar-refractivity contribution in [3.8, 4) is 11.1 Å². The second kappa shape index (κ2) is 6.85. The van der Waals surface area contributed by atoms with Crippen molar-refractivity contribution in [3.63, 3.8) is 0 Å². The van der Waals surface area contributed by atoms with E-state index in [4.69, 9.17) is 11.6 Å². The summed E-state index contributed by atoms with van der Waals surface area (Å²) in [6, 6.07) is 11.8. The van der Waals surface area contributed by atoms with Crippen LogP contribution < -0.4 is 10.6 Å². The quantitative estimate of drug-likeness (QED) is 0.719. The van der Waals surface area contributed by atoms with Gasteiger partial charge >= 0.3 is 0 Å². The molecule has 2 aromatic carbocycles. The van der Waals surface area contributed by atoms with Gasteiger partial charge in [0.15, 0.2) is 0 Å². The Bertz CT molecular complexity index is 1030. The second-order valence-corrected chi connectivity index (χ2v) is 6.56. The molecule has 0 radical (unpaired) electrons. The van der Waals surface area contributed by atoms with Crippen LogP contribution in [0.5, 0.6) is 0 Å². The smallest absolute Gasteiger partial charge is 0.249 e. The Morgan fingerprint density at radius 2 is 2.04 bits per heavy atom. The number of carbonyl (C=O) groups is 2. The van der Waals surface area contributed by atoms with Crippen LogP contribution in [0.3, 0.4) is 0 Å². The third-order valence-corrected chi connectivity index (χ3v) is 4.53. The van der Waals surface area contributed by atoms with Crippen molar-refractivity contribution in [3.05, 3.63) is 65.6 Å². The molecule has 4 rings (SSSR count). The highest BCUT2D eigenvalue weighted by molar-refractivity contribution is 6.30. The maximum atomic E-state index is 13.3. The minimum atomic E-state index is -0.835. The molecule has 0 saturated carbocycles. The maximum Gasteiger partial charge on any atom is 0.249 e. The molecule has 2 amide bonds. The van der Waals surface area contributed by atoms with Crippen molar-refractivity contribution in [2.75, 3.05) is 10.6 Å². The van der Waals surface area contributed by atoms with Gasteiger partial charge in [0.25, 0.3) is 0 Å². The predicted octanol–water partition coefficient (Wildman–Crippen LogP) is 3.86. The first-order valence-corrected chi connectivity index (χ1v) is 8.59. The molecule has 0 aliphatic carbocycles. The zero-order valence-electron chi connectivity index (χ0n) is 13.9. The van der Waals surface area contributed by atoms with Crippen molar-refractivity contribution in [2.24, 2.45) is 0 Å². The second-order valence-electron chi connectivity index (χ2n) is 6.13. The number of nitrogens with zero attached hydrogens (tertiary/aromatic N) is 2. The summed E-state index contributed by atoms with van der Waals surface area (Å²) in [7, 11) is 0. The number of fused-ring (bicyclic) bond motifs is 1. The number of carbonyl (C=O) groups excluding carboxylic acids is 2. The summed E-state index contributed by atoms with van der Waals surface area (Å²) < 4.78 is 14.8. The zero-order valence-corrected chi connectivity index (χ0v) is 14.7. The van der Waals surface area contributed by atoms with E-state index in [0.717, 1.165) is 5.56 Å². The topological polar surface area (TPSA) is 76.0 Å². The number of hydrogen-bond acceptors (Lipinski definition) is 3. The van der Waals surface area contributed by atoms with E-state index < -0.39 is 17.8 Å². The molecule has 1 aliphatic rings. The van der Waals surface area contributed by atoms with Crippen molar-refractivity contribution < 1.29 is 14.0 Å². The number of benzene rings is 2. The van der Waals surface area contributed by atoms with E-state index in [0.29, 0.717) is 22.1 Å². The first-order chi connectivity index (χ1) is 13.0. The summed E-state index contributed by atoms with van der Waals surface area (Å²) in [5.41, 5.74) is 1.81. The Labute approximate surface area is 158 Å². The van der Waals surface area contributed by atoms with E-state index in [2.05, 4.69) is 15.7 Å². The molecule has 0 bridgehead atoms. The normalized spacial score (nSPS) is 15.8. The van der Waals surface area contributed by atoms with Crippen LogP contribution in [0.15, 0.2) is 54.7 Å². The van der Waals surface area contributed by atoms with E-state index >= 15 is 0 Å². The van der Waals surface area contributed by atoms with Gasteiger partial charge in [0, 0.05) is 16.3 Å². The first-order valence-electron chi connectivity index (χ1n) is 8.21. The fourth-order valence-electron chi connectivity index (χ4n) is 3.00. The van der Waals surface area contributed by atoms with Gasteiger partial charge in [0.1, 0.15) is 17.7 Å². The molecule has 3 aromatic rings. The minimum Gasteiger partial charge on any atom is -0.324 e. The molecular weight excluding hydrogens is 371 g/mol. The van der Waals surface area contributed by atoms with Crippen LogP contribution in [0.2, 0.25) is 5.02 Å². The number of anilines is 2. The third kappa shape index (κ3) is 3.41. The minimum absolute atomic E-state index is 0.0596. The molecule has 0 spiro atoms. The Balaban J connectivity index is 1.66. The molecule has 1 aromatic heterocycles. The van der Waals surface area contributed by atoms with Crippen LogP contribution in [-0.2, 0) is 9.59 Å². The summed E-state index contributed by atoms with van der Waals surface area (Å²) in [5, 5.41) is 10.3. The molecule has 0 saturated heterocycles. The summed E-state index contributed by atoms with van der Waals surface area (Å²) in [6.07, 6.45) is 1.53. The average Bonchev–Trinajstić information content (AvgIpc) is 3.05. The van der Waals surface area contributed by atoms with E-state index in [-0.39, 0.29) is 12.3 Å². The summed E-state index contributed by atoms with van der Waals surface area (Å²) in [5.74, 6) is -0.757. The van der Waals surface area contributed by atoms with Crippen LogP contribution in [0.1, 0.15) is 12.5 Å². The van der Waals surface area contributed by atoms with Gasteiger partial charge in [0.05, 0.1) is 12.6 Å². The van der Waals surface area contributed by atoms with Gasteiger partial charge in [0.2, 0.25) is 11.8 Å². The first kappa shape index (κ1) is 17.2. The van der Waals surface area contributed by atoms with E-state index in [1.54, 1.807) is 24.4 Å². The SMILES string of the molecule is O=C1CC(C(=O)Nc2cccc(F)c2)n2ncc(-c3ccc(Cl)cc3)c2N1. The Morgan fingerprint density at radius 1 is 1.26 bits per heavy atom. The average molecular weight is 385 g/mol. The van der Waals surface area contributed by atoms with Gasteiger partial charge in [-0.05, 0) is 35.9 Å². The monoisotopic (exact) mass is 384 g/mol. The molecule has 2 N–H and O–H groups in total. The highest BCUT2D eigenvalue weighted by Crippen LogP contribution is 2.34. The number of hydrogen-bond donors (Lipinski definition) is 2. The standard InChI is InChI=1S/C19H14ClFN4O2/c20-12-6-4-11(5-7-12)15-10-22-25-16(9-17(26)24-18(15)25)19(27)23-14-3-1-2-13(21)8-14/h1-8,10,16H,9H2,(H,23,27)(H,24,26). The van der Waals surface area contributed by atoms with Crippen molar-refractivity contribution >= 4 is 34.9 Å². The molecule has 1 unspecified atom stereocenters. The van der Waals surface area contributed by atoms with Gasteiger partial charge in [-0.2, -0.15) is 5.10 Å². The maximum absolute atomic E-state index is 13.3. The lowest BCUT2D eigenvalue weighted by Crippen LogP contribution is -2.35. The van der Waals surface area contributed by atoms with Gasteiger partial charge in [-0.15, -0.1) is 0 Å². The largest absolute Gasteiger partial charge is 0.324 e. The molecule has 136 valence electrons. The summed E-state index contributed by atoms with van der Waals surface area (Å²) >= 11 is 5.92. The third-order valence-electron chi connectivity index (χ3n) is 4.28. The highest BCUT2D eigenvalue weighted by atomic mass is 35.5. The number of nitrogens with one attached hydrogen (secondary N) is 2. The number of amides is 2. The van der Waals surface area contributed by atoms with Crippen LogP contribution in [-0.4, -0.2) is 21.6 Å². The molecule has 0 fully saturated rings. The fourth-order valence-corrected chi connectivity index (χ4v) is 3.13. The fraction of sp³-hybridized carbons (Fsp3) is 0.105.